The molecule has 1 aromatic carbocycles. The Balaban J connectivity index is 1.57. The molecule has 4 rings (SSSR count). The van der Waals surface area contributed by atoms with Gasteiger partial charge in [0.25, 0.3) is 5.91 Å². The van der Waals surface area contributed by atoms with Gasteiger partial charge in [-0.05, 0) is 52.2 Å². The largest absolute Gasteiger partial charge is 0.361 e. The van der Waals surface area contributed by atoms with Crippen LogP contribution in [0.3, 0.4) is 0 Å². The number of halogens is 2. The highest BCUT2D eigenvalue weighted by Gasteiger charge is 2.21. The summed E-state index contributed by atoms with van der Waals surface area (Å²) >= 11 is 9.50. The summed E-state index contributed by atoms with van der Waals surface area (Å²) in [5, 5.41) is 1.85. The maximum atomic E-state index is 12.6. The zero-order chi connectivity index (χ0) is 17.4. The summed E-state index contributed by atoms with van der Waals surface area (Å²) in [6.45, 7) is 1.28. The molecular formula is C19H15BrClN3O. The van der Waals surface area contributed by atoms with Crippen LogP contribution >= 0.6 is 27.5 Å². The average molecular weight is 417 g/mol. The fourth-order valence-electron chi connectivity index (χ4n) is 3.17. The Morgan fingerprint density at radius 3 is 2.92 bits per heavy atom. The van der Waals surface area contributed by atoms with Crippen molar-refractivity contribution in [2.75, 3.05) is 13.1 Å². The van der Waals surface area contributed by atoms with Crippen LogP contribution in [0, 0.1) is 0 Å². The van der Waals surface area contributed by atoms with E-state index in [1.807, 2.05) is 29.3 Å². The Kier molecular flexibility index (Phi) is 4.36. The van der Waals surface area contributed by atoms with E-state index >= 15 is 0 Å². The molecule has 25 heavy (non-hydrogen) atoms. The van der Waals surface area contributed by atoms with E-state index < -0.39 is 0 Å². The summed E-state index contributed by atoms with van der Waals surface area (Å²) in [7, 11) is 0. The van der Waals surface area contributed by atoms with E-state index in [0.29, 0.717) is 18.7 Å². The van der Waals surface area contributed by atoms with Gasteiger partial charge < -0.3 is 9.88 Å². The summed E-state index contributed by atoms with van der Waals surface area (Å²) < 4.78 is 0.808. The number of aromatic nitrogens is 2. The van der Waals surface area contributed by atoms with Crippen LogP contribution in [0.5, 0.6) is 0 Å². The zero-order valence-corrected chi connectivity index (χ0v) is 15.6. The quantitative estimate of drug-likeness (QED) is 0.645. The van der Waals surface area contributed by atoms with Gasteiger partial charge in [0.1, 0.15) is 0 Å². The third kappa shape index (κ3) is 3.22. The second-order valence-corrected chi connectivity index (χ2v) is 7.37. The Hall–Kier alpha value is -2.11. The molecule has 1 aliphatic rings. The number of rotatable bonds is 2. The molecule has 126 valence electrons. The number of H-pyrrole nitrogens is 1. The molecule has 2 aromatic heterocycles. The molecule has 0 unspecified atom stereocenters. The van der Waals surface area contributed by atoms with Gasteiger partial charge in [0.15, 0.2) is 0 Å². The molecule has 6 heteroatoms. The zero-order valence-electron chi connectivity index (χ0n) is 13.3. The van der Waals surface area contributed by atoms with E-state index in [1.165, 1.54) is 5.57 Å². The minimum atomic E-state index is 0.00562. The molecule has 0 fully saturated rings. The number of carbonyl (C=O) groups is 1. The standard InChI is InChI=1S/C19H15BrClN3O/c20-14-7-13(9-22-10-14)19(25)24-5-3-12(4-6-24)17-11-23-18-2-1-15(21)8-16(17)18/h1-3,7-11,23H,4-6H2. The molecule has 3 heterocycles. The van der Waals surface area contributed by atoms with Crippen molar-refractivity contribution < 1.29 is 4.79 Å². The first kappa shape index (κ1) is 16.4. The van der Waals surface area contributed by atoms with Crippen molar-refractivity contribution in [1.82, 2.24) is 14.9 Å². The monoisotopic (exact) mass is 415 g/mol. The van der Waals surface area contributed by atoms with Crippen LogP contribution in [0.25, 0.3) is 16.5 Å². The third-order valence-electron chi connectivity index (χ3n) is 4.44. The van der Waals surface area contributed by atoms with E-state index in [4.69, 9.17) is 11.6 Å². The van der Waals surface area contributed by atoms with Crippen molar-refractivity contribution in [3.05, 3.63) is 69.6 Å². The Morgan fingerprint density at radius 2 is 2.16 bits per heavy atom. The topological polar surface area (TPSA) is 49.0 Å². The van der Waals surface area contributed by atoms with Gasteiger partial charge in [-0.15, -0.1) is 0 Å². The van der Waals surface area contributed by atoms with E-state index in [-0.39, 0.29) is 5.91 Å². The van der Waals surface area contributed by atoms with Crippen LogP contribution in [0.1, 0.15) is 22.3 Å². The number of hydrogen-bond donors (Lipinski definition) is 1. The lowest BCUT2D eigenvalue weighted by Gasteiger charge is -2.26. The molecule has 1 amide bonds. The summed E-state index contributed by atoms with van der Waals surface area (Å²) in [6.07, 6.45) is 8.23. The SMILES string of the molecule is O=C(c1cncc(Br)c1)N1CC=C(c2c[nH]c3ccc(Cl)cc23)CC1. The van der Waals surface area contributed by atoms with Gasteiger partial charge in [0, 0.05) is 57.6 Å². The number of nitrogens with one attached hydrogen (secondary N) is 1. The molecule has 0 saturated heterocycles. The number of nitrogens with zero attached hydrogens (tertiary/aromatic N) is 2. The lowest BCUT2D eigenvalue weighted by molar-refractivity contribution is 0.0772. The van der Waals surface area contributed by atoms with Crippen LogP contribution in [0.4, 0.5) is 0 Å². The van der Waals surface area contributed by atoms with Gasteiger partial charge in [-0.3, -0.25) is 9.78 Å². The highest BCUT2D eigenvalue weighted by atomic mass is 79.9. The lowest BCUT2D eigenvalue weighted by atomic mass is 9.98. The molecule has 3 aromatic rings. The molecule has 1 N–H and O–H groups in total. The van der Waals surface area contributed by atoms with Crippen molar-refractivity contribution in [1.29, 1.82) is 0 Å². The van der Waals surface area contributed by atoms with Crippen molar-refractivity contribution in [3.63, 3.8) is 0 Å². The van der Waals surface area contributed by atoms with Crippen molar-refractivity contribution in [2.24, 2.45) is 0 Å². The number of pyridine rings is 1. The highest BCUT2D eigenvalue weighted by molar-refractivity contribution is 9.10. The minimum Gasteiger partial charge on any atom is -0.361 e. The molecular weight excluding hydrogens is 402 g/mol. The van der Waals surface area contributed by atoms with Gasteiger partial charge in [-0.25, -0.2) is 0 Å². The molecule has 1 aliphatic heterocycles. The molecule has 0 radical (unpaired) electrons. The van der Waals surface area contributed by atoms with Gasteiger partial charge in [0.05, 0.1) is 5.56 Å². The molecule has 0 bridgehead atoms. The molecule has 0 atom stereocenters. The normalized spacial score (nSPS) is 14.6. The predicted molar refractivity (Wildman–Crippen MR) is 104 cm³/mol. The number of carbonyl (C=O) groups excluding carboxylic acids is 1. The van der Waals surface area contributed by atoms with Crippen molar-refractivity contribution >= 4 is 49.9 Å². The Labute approximate surface area is 158 Å². The highest BCUT2D eigenvalue weighted by Crippen LogP contribution is 2.31. The van der Waals surface area contributed by atoms with Gasteiger partial charge >= 0.3 is 0 Å². The first-order valence-electron chi connectivity index (χ1n) is 7.98. The molecule has 4 nitrogen and oxygen atoms in total. The first-order valence-corrected chi connectivity index (χ1v) is 9.15. The predicted octanol–water partition coefficient (Wildman–Crippen LogP) is 4.91. The van der Waals surface area contributed by atoms with Crippen LogP contribution in [-0.2, 0) is 0 Å². The number of benzene rings is 1. The number of amides is 1. The Bertz CT molecular complexity index is 995. The fourth-order valence-corrected chi connectivity index (χ4v) is 3.71. The van der Waals surface area contributed by atoms with Crippen molar-refractivity contribution in [2.45, 2.75) is 6.42 Å². The van der Waals surface area contributed by atoms with Gasteiger partial charge in [-0.2, -0.15) is 0 Å². The maximum absolute atomic E-state index is 12.6. The summed E-state index contributed by atoms with van der Waals surface area (Å²) in [5.74, 6) is 0.00562. The van der Waals surface area contributed by atoms with Crippen LogP contribution in [0.2, 0.25) is 5.02 Å². The molecule has 0 aliphatic carbocycles. The molecule has 0 spiro atoms. The van der Waals surface area contributed by atoms with Crippen LogP contribution < -0.4 is 0 Å². The fraction of sp³-hybridized carbons (Fsp3) is 0.158. The maximum Gasteiger partial charge on any atom is 0.255 e. The Morgan fingerprint density at radius 1 is 1.28 bits per heavy atom. The van der Waals surface area contributed by atoms with E-state index in [2.05, 4.69) is 32.0 Å². The summed E-state index contributed by atoms with van der Waals surface area (Å²) in [5.41, 5.74) is 4.07. The lowest BCUT2D eigenvalue weighted by Crippen LogP contribution is -2.34. The summed E-state index contributed by atoms with van der Waals surface area (Å²) in [6, 6.07) is 7.65. The average Bonchev–Trinajstić information content (AvgIpc) is 3.04. The second kappa shape index (κ2) is 6.65. The van der Waals surface area contributed by atoms with Crippen LogP contribution in [0.15, 0.2) is 53.4 Å². The van der Waals surface area contributed by atoms with E-state index in [0.717, 1.165) is 32.4 Å². The smallest absolute Gasteiger partial charge is 0.255 e. The number of fused-ring (bicyclic) bond motifs is 1. The third-order valence-corrected chi connectivity index (χ3v) is 5.11. The first-order chi connectivity index (χ1) is 12.1. The number of hydrogen-bond acceptors (Lipinski definition) is 2. The van der Waals surface area contributed by atoms with E-state index in [9.17, 15) is 4.79 Å². The molecule has 0 saturated carbocycles. The summed E-state index contributed by atoms with van der Waals surface area (Å²) in [4.78, 5) is 21.8. The number of aromatic amines is 1. The van der Waals surface area contributed by atoms with Gasteiger partial charge in [-0.1, -0.05) is 17.7 Å². The minimum absolute atomic E-state index is 0.00562. The van der Waals surface area contributed by atoms with Gasteiger partial charge in [0.2, 0.25) is 0 Å². The van der Waals surface area contributed by atoms with E-state index in [1.54, 1.807) is 18.5 Å². The second-order valence-electron chi connectivity index (χ2n) is 6.01. The van der Waals surface area contributed by atoms with Crippen LogP contribution in [-0.4, -0.2) is 33.9 Å². The van der Waals surface area contributed by atoms with Crippen molar-refractivity contribution in [3.8, 4) is 0 Å².